The van der Waals surface area contributed by atoms with Gasteiger partial charge in [-0.05, 0) is 31.6 Å². The highest BCUT2D eigenvalue weighted by Gasteiger charge is 2.34. The summed E-state index contributed by atoms with van der Waals surface area (Å²) in [5, 5.41) is 0.540. The zero-order valence-electron chi connectivity index (χ0n) is 7.46. The van der Waals surface area contributed by atoms with E-state index in [1.165, 1.54) is 12.2 Å². The van der Waals surface area contributed by atoms with Gasteiger partial charge in [0.2, 0.25) is 0 Å². The second-order valence-electron chi connectivity index (χ2n) is 3.39. The molecule has 2 rings (SSSR count). The predicted molar refractivity (Wildman–Crippen MR) is 56.1 cm³/mol. The minimum absolute atomic E-state index is 0.0882. The summed E-state index contributed by atoms with van der Waals surface area (Å²) in [5.41, 5.74) is 0. The van der Waals surface area contributed by atoms with Gasteiger partial charge in [-0.25, -0.2) is 9.97 Å². The largest absolute Gasteiger partial charge is 0.240 e. The first kappa shape index (κ1) is 9.28. The molecule has 1 aliphatic rings. The van der Waals surface area contributed by atoms with E-state index >= 15 is 0 Å². The highest BCUT2D eigenvalue weighted by atomic mass is 35.5. The van der Waals surface area contributed by atoms with Crippen molar-refractivity contribution in [1.29, 1.82) is 0 Å². The summed E-state index contributed by atoms with van der Waals surface area (Å²) in [6.45, 7) is 2.19. The van der Waals surface area contributed by atoms with Crippen molar-refractivity contribution in [3.05, 3.63) is 23.2 Å². The molecule has 0 bridgehead atoms. The summed E-state index contributed by atoms with van der Waals surface area (Å²) in [4.78, 5) is 8.54. The van der Waals surface area contributed by atoms with E-state index in [1.807, 2.05) is 11.8 Å². The van der Waals surface area contributed by atoms with Gasteiger partial charge in [0.1, 0.15) is 11.0 Å². The third-order valence-corrected chi connectivity index (χ3v) is 4.04. The number of thioether (sulfide) groups is 1. The van der Waals surface area contributed by atoms with E-state index in [1.54, 1.807) is 12.3 Å². The molecule has 1 unspecified atom stereocenters. The number of nitrogens with zero attached hydrogens (tertiary/aromatic N) is 2. The van der Waals surface area contributed by atoms with Gasteiger partial charge in [-0.15, -0.1) is 11.8 Å². The van der Waals surface area contributed by atoms with Crippen molar-refractivity contribution >= 4 is 23.4 Å². The Hall–Kier alpha value is -0.280. The van der Waals surface area contributed by atoms with E-state index in [0.29, 0.717) is 5.15 Å². The van der Waals surface area contributed by atoms with Gasteiger partial charge < -0.3 is 0 Å². The van der Waals surface area contributed by atoms with Gasteiger partial charge in [0.05, 0.1) is 4.75 Å². The fraction of sp³-hybridized carbons (Fsp3) is 0.556. The number of aromatic nitrogens is 2. The SMILES string of the molecule is CC1(c2nccc(Cl)n2)CCCS1. The Bertz CT molecular complexity index is 310. The summed E-state index contributed by atoms with van der Waals surface area (Å²) >= 11 is 7.75. The quantitative estimate of drug-likeness (QED) is 0.673. The summed E-state index contributed by atoms with van der Waals surface area (Å²) in [6.07, 6.45) is 4.13. The summed E-state index contributed by atoms with van der Waals surface area (Å²) in [5.74, 6) is 2.08. The zero-order chi connectivity index (χ0) is 9.31. The number of rotatable bonds is 1. The lowest BCUT2D eigenvalue weighted by atomic mass is 10.1. The Morgan fingerprint density at radius 1 is 1.62 bits per heavy atom. The van der Waals surface area contributed by atoms with Crippen LogP contribution in [0.15, 0.2) is 12.3 Å². The molecule has 2 heterocycles. The van der Waals surface area contributed by atoms with E-state index in [-0.39, 0.29) is 4.75 Å². The third-order valence-electron chi connectivity index (χ3n) is 2.31. The van der Waals surface area contributed by atoms with Gasteiger partial charge in [0.15, 0.2) is 0 Å². The van der Waals surface area contributed by atoms with Crippen LogP contribution >= 0.6 is 23.4 Å². The molecule has 13 heavy (non-hydrogen) atoms. The fourth-order valence-corrected chi connectivity index (χ4v) is 2.94. The summed E-state index contributed by atoms with van der Waals surface area (Å²) < 4.78 is 0.0882. The first-order valence-electron chi connectivity index (χ1n) is 4.34. The van der Waals surface area contributed by atoms with Gasteiger partial charge in [0, 0.05) is 6.20 Å². The average molecular weight is 215 g/mol. The van der Waals surface area contributed by atoms with Crippen LogP contribution in [-0.2, 0) is 4.75 Å². The van der Waals surface area contributed by atoms with Crippen LogP contribution in [0.2, 0.25) is 5.15 Å². The molecule has 2 nitrogen and oxygen atoms in total. The van der Waals surface area contributed by atoms with E-state index in [4.69, 9.17) is 11.6 Å². The van der Waals surface area contributed by atoms with Crippen LogP contribution in [0, 0.1) is 0 Å². The van der Waals surface area contributed by atoms with Crippen molar-refractivity contribution < 1.29 is 0 Å². The molecule has 1 atom stereocenters. The summed E-state index contributed by atoms with van der Waals surface area (Å²) in [6, 6.07) is 1.72. The van der Waals surface area contributed by atoms with Gasteiger partial charge >= 0.3 is 0 Å². The van der Waals surface area contributed by atoms with E-state index in [2.05, 4.69) is 16.9 Å². The maximum Gasteiger partial charge on any atom is 0.145 e. The molecule has 1 aromatic heterocycles. The van der Waals surface area contributed by atoms with Crippen molar-refractivity contribution in [1.82, 2.24) is 9.97 Å². The van der Waals surface area contributed by atoms with Crippen molar-refractivity contribution in [2.75, 3.05) is 5.75 Å². The van der Waals surface area contributed by atoms with Crippen LogP contribution in [-0.4, -0.2) is 15.7 Å². The lowest BCUT2D eigenvalue weighted by Crippen LogP contribution is -2.16. The molecule has 0 radical (unpaired) electrons. The van der Waals surface area contributed by atoms with Gasteiger partial charge in [-0.3, -0.25) is 0 Å². The van der Waals surface area contributed by atoms with Crippen molar-refractivity contribution in [2.45, 2.75) is 24.5 Å². The molecular formula is C9H11ClN2S. The minimum atomic E-state index is 0.0882. The molecule has 1 fully saturated rings. The standard InChI is InChI=1S/C9H11ClN2S/c1-9(4-2-6-13-9)8-11-5-3-7(10)12-8/h3,5H,2,4,6H2,1H3. The molecule has 70 valence electrons. The zero-order valence-corrected chi connectivity index (χ0v) is 9.03. The Labute approximate surface area is 87.1 Å². The van der Waals surface area contributed by atoms with E-state index < -0.39 is 0 Å². The maximum atomic E-state index is 5.82. The smallest absolute Gasteiger partial charge is 0.145 e. The molecule has 1 saturated heterocycles. The van der Waals surface area contributed by atoms with Crippen molar-refractivity contribution in [3.8, 4) is 0 Å². The Morgan fingerprint density at radius 2 is 2.46 bits per heavy atom. The number of halogens is 1. The summed E-state index contributed by atoms with van der Waals surface area (Å²) in [7, 11) is 0. The topological polar surface area (TPSA) is 25.8 Å². The van der Waals surface area contributed by atoms with Crippen molar-refractivity contribution in [2.24, 2.45) is 0 Å². The average Bonchev–Trinajstić information content (AvgIpc) is 2.54. The van der Waals surface area contributed by atoms with Crippen LogP contribution < -0.4 is 0 Å². The molecule has 0 amide bonds. The third kappa shape index (κ3) is 1.81. The molecule has 0 aromatic carbocycles. The molecular weight excluding hydrogens is 204 g/mol. The normalized spacial score (nSPS) is 27.8. The molecule has 0 N–H and O–H groups in total. The van der Waals surface area contributed by atoms with E-state index in [0.717, 1.165) is 12.2 Å². The molecule has 1 aliphatic heterocycles. The second kappa shape index (κ2) is 3.46. The van der Waals surface area contributed by atoms with Gasteiger partial charge in [0.25, 0.3) is 0 Å². The Balaban J connectivity index is 2.33. The highest BCUT2D eigenvalue weighted by molar-refractivity contribution is 8.00. The monoisotopic (exact) mass is 214 g/mol. The van der Waals surface area contributed by atoms with E-state index in [9.17, 15) is 0 Å². The van der Waals surface area contributed by atoms with Gasteiger partial charge in [-0.1, -0.05) is 11.6 Å². The minimum Gasteiger partial charge on any atom is -0.240 e. The number of hydrogen-bond acceptors (Lipinski definition) is 3. The first-order valence-corrected chi connectivity index (χ1v) is 5.70. The van der Waals surface area contributed by atoms with Crippen LogP contribution in [0.4, 0.5) is 0 Å². The van der Waals surface area contributed by atoms with Crippen molar-refractivity contribution in [3.63, 3.8) is 0 Å². The maximum absolute atomic E-state index is 5.82. The highest BCUT2D eigenvalue weighted by Crippen LogP contribution is 2.44. The molecule has 1 aromatic rings. The van der Waals surface area contributed by atoms with Gasteiger partial charge in [-0.2, -0.15) is 0 Å². The van der Waals surface area contributed by atoms with Crippen LogP contribution in [0.25, 0.3) is 0 Å². The lowest BCUT2D eigenvalue weighted by Gasteiger charge is -2.20. The number of hydrogen-bond donors (Lipinski definition) is 0. The second-order valence-corrected chi connectivity index (χ2v) is 5.37. The molecule has 0 aliphatic carbocycles. The van der Waals surface area contributed by atoms with Crippen LogP contribution in [0.5, 0.6) is 0 Å². The van der Waals surface area contributed by atoms with Crippen LogP contribution in [0.3, 0.4) is 0 Å². The predicted octanol–water partition coefficient (Wildman–Crippen LogP) is 2.87. The van der Waals surface area contributed by atoms with Crippen LogP contribution in [0.1, 0.15) is 25.6 Å². The first-order chi connectivity index (χ1) is 6.21. The molecule has 0 saturated carbocycles. The Kier molecular flexibility index (Phi) is 2.47. The Morgan fingerprint density at radius 3 is 3.08 bits per heavy atom. The lowest BCUT2D eigenvalue weighted by molar-refractivity contribution is 0.604. The molecule has 0 spiro atoms. The fourth-order valence-electron chi connectivity index (χ4n) is 1.55. The molecule has 4 heteroatoms.